The molecule has 1 rings (SSSR count). The minimum absolute atomic E-state index is 0.0425. The lowest BCUT2D eigenvalue weighted by Gasteiger charge is -2.10. The Morgan fingerprint density at radius 2 is 2.16 bits per heavy atom. The Labute approximate surface area is 127 Å². The summed E-state index contributed by atoms with van der Waals surface area (Å²) in [6, 6.07) is 0. The van der Waals surface area contributed by atoms with E-state index < -0.39 is 0 Å². The van der Waals surface area contributed by atoms with E-state index in [4.69, 9.17) is 4.74 Å². The number of esters is 1. The second-order valence-electron chi connectivity index (χ2n) is 3.87. The first-order chi connectivity index (χ1) is 9.15. The minimum Gasteiger partial charge on any atom is -0.461 e. The monoisotopic (exact) mass is 318 g/mol. The van der Waals surface area contributed by atoms with Gasteiger partial charge >= 0.3 is 5.97 Å². The molecule has 2 atom stereocenters. The van der Waals surface area contributed by atoms with Crippen LogP contribution in [0.2, 0.25) is 0 Å². The third kappa shape index (κ3) is 7.13. The van der Waals surface area contributed by atoms with Gasteiger partial charge in [-0.3, -0.25) is 4.79 Å². The summed E-state index contributed by atoms with van der Waals surface area (Å²) < 4.78 is 5.59. The molecule has 0 aromatic rings. The maximum absolute atomic E-state index is 11.0. The van der Waals surface area contributed by atoms with Gasteiger partial charge in [0.05, 0.1) is 4.58 Å². The molecule has 1 aliphatic heterocycles. The Balaban J connectivity index is 2.08. The van der Waals surface area contributed by atoms with Crippen LogP contribution in [0.25, 0.3) is 0 Å². The molecule has 0 saturated carbocycles. The van der Waals surface area contributed by atoms with E-state index in [9.17, 15) is 9.59 Å². The number of ether oxygens (including phenoxy) is 1. The van der Waals surface area contributed by atoms with Crippen molar-refractivity contribution in [2.45, 2.75) is 22.7 Å². The van der Waals surface area contributed by atoms with Crippen LogP contribution in [0, 0.1) is 0 Å². The van der Waals surface area contributed by atoms with E-state index in [1.54, 1.807) is 0 Å². The minimum atomic E-state index is -0.353. The predicted molar refractivity (Wildman–Crippen MR) is 85.7 cm³/mol. The molecular weight excluding hydrogens is 300 g/mol. The fraction of sp³-hybridized carbons (Fsp3) is 0.538. The van der Waals surface area contributed by atoms with Crippen LogP contribution in [0.1, 0.15) is 12.8 Å². The number of carbonyl (C=O) groups excluding carboxylic acids is 2. The first-order valence-electron chi connectivity index (χ1n) is 6.01. The van der Waals surface area contributed by atoms with Gasteiger partial charge in [0.1, 0.15) is 6.61 Å². The van der Waals surface area contributed by atoms with Gasteiger partial charge in [-0.05, 0) is 18.9 Å². The summed E-state index contributed by atoms with van der Waals surface area (Å²) in [5, 5.41) is 0.419. The van der Waals surface area contributed by atoms with Gasteiger partial charge in [0.2, 0.25) is 5.12 Å². The van der Waals surface area contributed by atoms with Crippen LogP contribution < -0.4 is 0 Å². The molecule has 0 spiro atoms. The summed E-state index contributed by atoms with van der Waals surface area (Å²) in [6.45, 7) is 7.27. The molecule has 1 fully saturated rings. The van der Waals surface area contributed by atoms with Crippen molar-refractivity contribution in [1.29, 1.82) is 0 Å². The van der Waals surface area contributed by atoms with Gasteiger partial charge in [0.15, 0.2) is 0 Å². The van der Waals surface area contributed by atoms with Gasteiger partial charge in [-0.1, -0.05) is 24.9 Å². The molecule has 1 aliphatic rings. The molecule has 0 amide bonds. The van der Waals surface area contributed by atoms with Gasteiger partial charge in [-0.2, -0.15) is 0 Å². The van der Waals surface area contributed by atoms with Crippen LogP contribution in [0.4, 0.5) is 0 Å². The summed E-state index contributed by atoms with van der Waals surface area (Å²) in [5.74, 6) is 1.50. The number of rotatable bonds is 8. The number of carbonyl (C=O) groups is 2. The first kappa shape index (κ1) is 16.7. The van der Waals surface area contributed by atoms with E-state index in [0.717, 1.165) is 24.3 Å². The van der Waals surface area contributed by atoms with Crippen molar-refractivity contribution < 1.29 is 14.3 Å². The second kappa shape index (κ2) is 9.55. The lowest BCUT2D eigenvalue weighted by Crippen LogP contribution is -2.14. The van der Waals surface area contributed by atoms with Crippen molar-refractivity contribution in [3.8, 4) is 0 Å². The smallest absolute Gasteiger partial charge is 0.330 e. The molecule has 0 N–H and O–H groups in total. The zero-order chi connectivity index (χ0) is 14.1. The van der Waals surface area contributed by atoms with E-state index in [2.05, 4.69) is 13.2 Å². The normalized spacial score (nSPS) is 21.9. The highest BCUT2D eigenvalue weighted by molar-refractivity contribution is 8.20. The average molecular weight is 318 g/mol. The maximum atomic E-state index is 11.0. The van der Waals surface area contributed by atoms with E-state index in [-0.39, 0.29) is 11.1 Å². The number of hydrogen-bond donors (Lipinski definition) is 0. The predicted octanol–water partition coefficient (Wildman–Crippen LogP) is 3.12. The fourth-order valence-corrected chi connectivity index (χ4v) is 5.40. The van der Waals surface area contributed by atoms with E-state index in [0.29, 0.717) is 16.4 Å². The highest BCUT2D eigenvalue weighted by Gasteiger charge is 2.26. The zero-order valence-electron chi connectivity index (χ0n) is 10.7. The highest BCUT2D eigenvalue weighted by atomic mass is 32.2. The molecule has 0 bridgehead atoms. The standard InChI is InChI=1S/C13H18O3S3/c1-3-11(14)16-8-10-9-18-13(19-10)6-5-7-17-12(15)4-2/h3-4,10,13H,1-2,5-9H2. The molecule has 19 heavy (non-hydrogen) atoms. The van der Waals surface area contributed by atoms with Crippen LogP contribution in [-0.2, 0) is 14.3 Å². The van der Waals surface area contributed by atoms with Gasteiger partial charge in [-0.15, -0.1) is 23.5 Å². The van der Waals surface area contributed by atoms with Crippen molar-refractivity contribution in [2.75, 3.05) is 18.1 Å². The van der Waals surface area contributed by atoms with Crippen molar-refractivity contribution in [3.05, 3.63) is 25.3 Å². The summed E-state index contributed by atoms with van der Waals surface area (Å²) in [6.07, 6.45) is 4.65. The third-order valence-corrected chi connectivity index (χ3v) is 6.71. The average Bonchev–Trinajstić information content (AvgIpc) is 2.88. The van der Waals surface area contributed by atoms with Gasteiger partial charge in [-0.25, -0.2) is 4.79 Å². The van der Waals surface area contributed by atoms with Crippen molar-refractivity contribution in [3.63, 3.8) is 0 Å². The highest BCUT2D eigenvalue weighted by Crippen LogP contribution is 2.40. The van der Waals surface area contributed by atoms with Gasteiger partial charge < -0.3 is 4.74 Å². The molecule has 0 aliphatic carbocycles. The van der Waals surface area contributed by atoms with Crippen molar-refractivity contribution >= 4 is 46.4 Å². The summed E-state index contributed by atoms with van der Waals surface area (Å²) in [4.78, 5) is 22.0. The number of hydrogen-bond acceptors (Lipinski definition) is 6. The second-order valence-corrected chi connectivity index (χ2v) is 8.01. The van der Waals surface area contributed by atoms with E-state index in [1.807, 2.05) is 23.5 Å². The molecular formula is C13H18O3S3. The van der Waals surface area contributed by atoms with Crippen LogP contribution in [0.5, 0.6) is 0 Å². The Hall–Kier alpha value is -0.330. The van der Waals surface area contributed by atoms with Crippen LogP contribution >= 0.6 is 35.3 Å². The largest absolute Gasteiger partial charge is 0.461 e. The van der Waals surface area contributed by atoms with Crippen molar-refractivity contribution in [2.24, 2.45) is 0 Å². The molecule has 2 unspecified atom stereocenters. The Morgan fingerprint density at radius 3 is 2.84 bits per heavy atom. The topological polar surface area (TPSA) is 43.4 Å². The summed E-state index contributed by atoms with van der Waals surface area (Å²) in [7, 11) is 0. The van der Waals surface area contributed by atoms with Crippen LogP contribution in [0.3, 0.4) is 0 Å². The fourth-order valence-electron chi connectivity index (χ4n) is 1.46. The summed E-state index contributed by atoms with van der Waals surface area (Å²) in [5.41, 5.74) is 0. The molecule has 3 nitrogen and oxygen atoms in total. The molecule has 0 aromatic carbocycles. The molecule has 106 valence electrons. The van der Waals surface area contributed by atoms with Gasteiger partial charge in [0, 0.05) is 22.8 Å². The van der Waals surface area contributed by atoms with Crippen LogP contribution in [0.15, 0.2) is 25.3 Å². The third-order valence-electron chi connectivity index (χ3n) is 2.39. The molecule has 0 aromatic heterocycles. The van der Waals surface area contributed by atoms with Crippen molar-refractivity contribution in [1.82, 2.24) is 0 Å². The molecule has 6 heteroatoms. The summed E-state index contributed by atoms with van der Waals surface area (Å²) >= 11 is 5.09. The maximum Gasteiger partial charge on any atom is 0.330 e. The molecule has 0 radical (unpaired) electrons. The Bertz CT molecular complexity index is 344. The van der Waals surface area contributed by atoms with Gasteiger partial charge in [0.25, 0.3) is 0 Å². The van der Waals surface area contributed by atoms with Crippen LogP contribution in [-0.4, -0.2) is 39.0 Å². The molecule has 1 heterocycles. The Kier molecular flexibility index (Phi) is 8.41. The van der Waals surface area contributed by atoms with E-state index in [1.165, 1.54) is 23.9 Å². The Morgan fingerprint density at radius 1 is 1.37 bits per heavy atom. The number of thioether (sulfide) groups is 3. The quantitative estimate of drug-likeness (QED) is 0.389. The lowest BCUT2D eigenvalue weighted by atomic mass is 10.4. The zero-order valence-corrected chi connectivity index (χ0v) is 13.2. The lowest BCUT2D eigenvalue weighted by molar-refractivity contribution is -0.137. The molecule has 1 saturated heterocycles. The SMILES string of the molecule is C=CC(=O)OCC1CSC(CCCSC(=O)C=C)S1. The first-order valence-corrected chi connectivity index (χ1v) is 8.99. The van der Waals surface area contributed by atoms with E-state index >= 15 is 0 Å².